The first kappa shape index (κ1) is 21.8. The molecule has 0 bridgehead atoms. The molecule has 0 unspecified atom stereocenters. The van der Waals surface area contributed by atoms with Crippen LogP contribution in [0, 0.1) is 0 Å². The summed E-state index contributed by atoms with van der Waals surface area (Å²) >= 11 is 9.32. The van der Waals surface area contributed by atoms with Crippen LogP contribution in [0.25, 0.3) is 6.08 Å². The highest BCUT2D eigenvalue weighted by atomic mass is 79.9. The fraction of sp³-hybridized carbons (Fsp3) is 0.200. The van der Waals surface area contributed by atoms with Crippen molar-refractivity contribution in [3.05, 3.63) is 62.6 Å². The van der Waals surface area contributed by atoms with Crippen molar-refractivity contribution in [3.63, 3.8) is 0 Å². The van der Waals surface area contributed by atoms with Gasteiger partial charge in [0.25, 0.3) is 0 Å². The minimum atomic E-state index is -0.801. The maximum atomic E-state index is 11.8. The van der Waals surface area contributed by atoms with Gasteiger partial charge in [-0.2, -0.15) is 0 Å². The number of esters is 2. The van der Waals surface area contributed by atoms with E-state index in [1.54, 1.807) is 24.3 Å². The molecule has 148 valence electrons. The van der Waals surface area contributed by atoms with Gasteiger partial charge >= 0.3 is 11.9 Å². The monoisotopic (exact) mass is 468 g/mol. The number of carbonyl (C=O) groups is 2. The van der Waals surface area contributed by atoms with Gasteiger partial charge in [0, 0.05) is 5.02 Å². The van der Waals surface area contributed by atoms with E-state index in [9.17, 15) is 9.59 Å². The molecular formula is C20H18BrClO6. The largest absolute Gasteiger partial charge is 0.493 e. The summed E-state index contributed by atoms with van der Waals surface area (Å²) in [5.74, 6) is -0.703. The van der Waals surface area contributed by atoms with Crippen molar-refractivity contribution in [2.24, 2.45) is 0 Å². The van der Waals surface area contributed by atoms with Crippen LogP contribution in [0.1, 0.15) is 11.1 Å². The van der Waals surface area contributed by atoms with E-state index in [-0.39, 0.29) is 5.57 Å². The normalized spacial score (nSPS) is 10.0. The van der Waals surface area contributed by atoms with Gasteiger partial charge < -0.3 is 18.9 Å². The van der Waals surface area contributed by atoms with E-state index in [1.807, 2.05) is 12.1 Å². The smallest absolute Gasteiger partial charge is 0.345 e. The highest BCUT2D eigenvalue weighted by Crippen LogP contribution is 2.38. The zero-order valence-corrected chi connectivity index (χ0v) is 17.8. The van der Waals surface area contributed by atoms with Crippen molar-refractivity contribution in [1.29, 1.82) is 0 Å². The van der Waals surface area contributed by atoms with Crippen LogP contribution in [-0.4, -0.2) is 33.3 Å². The van der Waals surface area contributed by atoms with Crippen molar-refractivity contribution in [2.45, 2.75) is 6.61 Å². The maximum absolute atomic E-state index is 11.8. The van der Waals surface area contributed by atoms with Crippen molar-refractivity contribution in [3.8, 4) is 11.5 Å². The van der Waals surface area contributed by atoms with Crippen molar-refractivity contribution in [2.75, 3.05) is 21.3 Å². The molecule has 0 saturated heterocycles. The summed E-state index contributed by atoms with van der Waals surface area (Å²) in [5.41, 5.74) is 1.21. The minimum Gasteiger partial charge on any atom is -0.493 e. The quantitative estimate of drug-likeness (QED) is 0.259. The van der Waals surface area contributed by atoms with E-state index >= 15 is 0 Å². The van der Waals surface area contributed by atoms with Gasteiger partial charge in [0.2, 0.25) is 0 Å². The van der Waals surface area contributed by atoms with Gasteiger partial charge in [-0.15, -0.1) is 0 Å². The highest BCUT2D eigenvalue weighted by Gasteiger charge is 2.20. The summed E-state index contributed by atoms with van der Waals surface area (Å²) in [7, 11) is 3.86. The second kappa shape index (κ2) is 10.1. The lowest BCUT2D eigenvalue weighted by atomic mass is 10.1. The number of hydrogen-bond donors (Lipinski definition) is 0. The summed E-state index contributed by atoms with van der Waals surface area (Å²) in [6.07, 6.45) is 1.36. The van der Waals surface area contributed by atoms with Gasteiger partial charge in [0.05, 0.1) is 25.8 Å². The van der Waals surface area contributed by atoms with Gasteiger partial charge in [-0.1, -0.05) is 23.7 Å². The Kier molecular flexibility index (Phi) is 7.90. The molecule has 0 amide bonds. The lowest BCUT2D eigenvalue weighted by molar-refractivity contribution is -0.143. The molecule has 2 aromatic rings. The van der Waals surface area contributed by atoms with Crippen LogP contribution in [0.3, 0.4) is 0 Å². The van der Waals surface area contributed by atoms with Crippen molar-refractivity contribution >= 4 is 45.5 Å². The van der Waals surface area contributed by atoms with Gasteiger partial charge in [0.1, 0.15) is 12.2 Å². The van der Waals surface area contributed by atoms with E-state index in [0.29, 0.717) is 33.2 Å². The SMILES string of the molecule is COC(=O)C(=Cc1cc(Br)c(OCc2ccc(Cl)cc2)c(OC)c1)C(=O)OC. The molecule has 0 spiro atoms. The molecule has 0 heterocycles. The lowest BCUT2D eigenvalue weighted by Crippen LogP contribution is -2.15. The van der Waals surface area contributed by atoms with Crippen LogP contribution in [0.2, 0.25) is 5.02 Å². The predicted molar refractivity (Wildman–Crippen MR) is 108 cm³/mol. The fourth-order valence-electron chi connectivity index (χ4n) is 2.29. The Balaban J connectivity index is 2.33. The second-order valence-corrected chi connectivity index (χ2v) is 6.78. The molecule has 0 radical (unpaired) electrons. The Hall–Kier alpha value is -2.51. The fourth-order valence-corrected chi connectivity index (χ4v) is 2.99. The Morgan fingerprint density at radius 2 is 1.64 bits per heavy atom. The van der Waals surface area contributed by atoms with E-state index in [4.69, 9.17) is 21.1 Å². The van der Waals surface area contributed by atoms with Gasteiger partial charge in [-0.3, -0.25) is 0 Å². The first-order valence-corrected chi connectivity index (χ1v) is 9.19. The minimum absolute atomic E-state index is 0.242. The van der Waals surface area contributed by atoms with E-state index in [1.165, 1.54) is 27.4 Å². The molecular weight excluding hydrogens is 452 g/mol. The average Bonchev–Trinajstić information content (AvgIpc) is 2.70. The molecule has 0 atom stereocenters. The summed E-state index contributed by atoms with van der Waals surface area (Å²) in [6.45, 7) is 0.302. The van der Waals surface area contributed by atoms with Crippen molar-refractivity contribution in [1.82, 2.24) is 0 Å². The summed E-state index contributed by atoms with van der Waals surface area (Å²) < 4.78 is 21.1. The lowest BCUT2D eigenvalue weighted by Gasteiger charge is -2.14. The van der Waals surface area contributed by atoms with Crippen molar-refractivity contribution < 1.29 is 28.5 Å². The van der Waals surface area contributed by atoms with E-state index in [0.717, 1.165) is 5.56 Å². The third-order valence-electron chi connectivity index (χ3n) is 3.67. The zero-order valence-electron chi connectivity index (χ0n) is 15.5. The van der Waals surface area contributed by atoms with Gasteiger partial charge in [-0.25, -0.2) is 9.59 Å². The van der Waals surface area contributed by atoms with Crippen LogP contribution in [0.4, 0.5) is 0 Å². The summed E-state index contributed by atoms with van der Waals surface area (Å²) in [6, 6.07) is 10.6. The zero-order chi connectivity index (χ0) is 20.7. The Morgan fingerprint density at radius 1 is 1.04 bits per heavy atom. The third-order valence-corrected chi connectivity index (χ3v) is 4.51. The molecule has 28 heavy (non-hydrogen) atoms. The topological polar surface area (TPSA) is 71.1 Å². The number of benzene rings is 2. The number of methoxy groups -OCH3 is 3. The molecule has 8 heteroatoms. The van der Waals surface area contributed by atoms with Gasteiger partial charge in [-0.05, 0) is 57.4 Å². The van der Waals surface area contributed by atoms with E-state index < -0.39 is 11.9 Å². The van der Waals surface area contributed by atoms with Crippen LogP contribution < -0.4 is 9.47 Å². The first-order chi connectivity index (χ1) is 13.4. The highest BCUT2D eigenvalue weighted by molar-refractivity contribution is 9.10. The molecule has 2 rings (SSSR count). The van der Waals surface area contributed by atoms with Crippen LogP contribution in [-0.2, 0) is 25.7 Å². The number of hydrogen-bond acceptors (Lipinski definition) is 6. The number of rotatable bonds is 7. The number of halogens is 2. The maximum Gasteiger partial charge on any atom is 0.345 e. The van der Waals surface area contributed by atoms with Crippen LogP contribution >= 0.6 is 27.5 Å². The Bertz CT molecular complexity index is 874. The number of ether oxygens (including phenoxy) is 4. The predicted octanol–water partition coefficient (Wildman–Crippen LogP) is 4.42. The third kappa shape index (κ3) is 5.50. The molecule has 0 N–H and O–H groups in total. The molecule has 0 aromatic heterocycles. The molecule has 2 aromatic carbocycles. The Labute approximate surface area is 176 Å². The number of carbonyl (C=O) groups excluding carboxylic acids is 2. The average molecular weight is 470 g/mol. The molecule has 0 aliphatic rings. The first-order valence-electron chi connectivity index (χ1n) is 8.02. The summed E-state index contributed by atoms with van der Waals surface area (Å²) in [4.78, 5) is 23.7. The van der Waals surface area contributed by atoms with Crippen LogP contribution in [0.5, 0.6) is 11.5 Å². The standard InChI is InChI=1S/C20H18BrClO6/c1-25-17-10-13(8-15(19(23)26-2)20(24)27-3)9-16(21)18(17)28-11-12-4-6-14(22)7-5-12/h4-10H,11H2,1-3H3. The van der Waals surface area contributed by atoms with E-state index in [2.05, 4.69) is 25.4 Å². The second-order valence-electron chi connectivity index (χ2n) is 5.49. The molecule has 6 nitrogen and oxygen atoms in total. The Morgan fingerprint density at radius 3 is 2.18 bits per heavy atom. The molecule has 0 fully saturated rings. The summed E-state index contributed by atoms with van der Waals surface area (Å²) in [5, 5.41) is 0.644. The molecule has 0 aliphatic heterocycles. The van der Waals surface area contributed by atoms with Crippen LogP contribution in [0.15, 0.2) is 46.4 Å². The molecule has 0 saturated carbocycles. The molecule has 0 aliphatic carbocycles. The van der Waals surface area contributed by atoms with Gasteiger partial charge in [0.15, 0.2) is 11.5 Å².